The van der Waals surface area contributed by atoms with Gasteiger partial charge >= 0.3 is 0 Å². The molecule has 0 bridgehead atoms. The summed E-state index contributed by atoms with van der Waals surface area (Å²) in [6, 6.07) is 6.04. The normalized spacial score (nSPS) is 14.9. The highest BCUT2D eigenvalue weighted by molar-refractivity contribution is 6.30. The number of hydrogen-bond donors (Lipinski definition) is 2. The lowest BCUT2D eigenvalue weighted by atomic mass is 10.1. The van der Waals surface area contributed by atoms with E-state index in [2.05, 4.69) is 43.0 Å². The van der Waals surface area contributed by atoms with Crippen LogP contribution in [0.2, 0.25) is 5.02 Å². The lowest BCUT2D eigenvalue weighted by Crippen LogP contribution is -2.47. The standard InChI is InChI=1S/C19H23ClN6O/c1-13-4-5-14(20)11-16(13)25-6-8-26(9-7-25)19-17-15(3-2-10-27)23-24-18(17)21-12-22-19/h4-5,11-12,27H,2-3,6-10H2,1H3,(H,21,22,23,24). The maximum Gasteiger partial charge on any atom is 0.186 e. The number of nitrogens with zero attached hydrogens (tertiary/aromatic N) is 5. The van der Waals surface area contributed by atoms with Gasteiger partial charge in [0.15, 0.2) is 5.65 Å². The summed E-state index contributed by atoms with van der Waals surface area (Å²) in [5.41, 5.74) is 4.10. The van der Waals surface area contributed by atoms with Crippen LogP contribution in [-0.2, 0) is 6.42 Å². The van der Waals surface area contributed by atoms with Crippen molar-refractivity contribution in [1.82, 2.24) is 20.2 Å². The molecule has 1 fully saturated rings. The van der Waals surface area contributed by atoms with E-state index in [9.17, 15) is 0 Å². The van der Waals surface area contributed by atoms with Crippen molar-refractivity contribution in [1.29, 1.82) is 0 Å². The van der Waals surface area contributed by atoms with Crippen LogP contribution in [0, 0.1) is 6.92 Å². The molecule has 7 nitrogen and oxygen atoms in total. The maximum atomic E-state index is 9.14. The van der Waals surface area contributed by atoms with Crippen molar-refractivity contribution < 1.29 is 5.11 Å². The zero-order valence-corrected chi connectivity index (χ0v) is 16.1. The van der Waals surface area contributed by atoms with E-state index in [0.717, 1.165) is 54.5 Å². The molecule has 2 N–H and O–H groups in total. The molecule has 1 aliphatic heterocycles. The van der Waals surface area contributed by atoms with Gasteiger partial charge in [0.1, 0.15) is 12.1 Å². The average molecular weight is 387 g/mol. The van der Waals surface area contributed by atoms with Crippen LogP contribution in [0.25, 0.3) is 11.0 Å². The van der Waals surface area contributed by atoms with Gasteiger partial charge in [-0.3, -0.25) is 5.10 Å². The Bertz CT molecular complexity index is 935. The van der Waals surface area contributed by atoms with Crippen molar-refractivity contribution >= 4 is 34.1 Å². The Morgan fingerprint density at radius 2 is 1.93 bits per heavy atom. The molecule has 0 radical (unpaired) electrons. The molecule has 1 saturated heterocycles. The number of nitrogens with one attached hydrogen (secondary N) is 1. The topological polar surface area (TPSA) is 81.2 Å². The summed E-state index contributed by atoms with van der Waals surface area (Å²) in [4.78, 5) is 13.5. The van der Waals surface area contributed by atoms with Crippen molar-refractivity contribution in [3.8, 4) is 0 Å². The summed E-state index contributed by atoms with van der Waals surface area (Å²) in [5.74, 6) is 0.921. The molecule has 4 rings (SSSR count). The average Bonchev–Trinajstić information content (AvgIpc) is 3.11. The fraction of sp³-hybridized carbons (Fsp3) is 0.421. The maximum absolute atomic E-state index is 9.14. The van der Waals surface area contributed by atoms with Crippen molar-refractivity contribution in [2.45, 2.75) is 19.8 Å². The van der Waals surface area contributed by atoms with E-state index < -0.39 is 0 Å². The van der Waals surface area contributed by atoms with E-state index in [4.69, 9.17) is 16.7 Å². The number of piperazine rings is 1. The molecule has 3 heterocycles. The minimum absolute atomic E-state index is 0.154. The smallest absolute Gasteiger partial charge is 0.186 e. The van der Waals surface area contributed by atoms with E-state index in [-0.39, 0.29) is 6.61 Å². The summed E-state index contributed by atoms with van der Waals surface area (Å²) in [7, 11) is 0. The third-order valence-corrected chi connectivity index (χ3v) is 5.32. The summed E-state index contributed by atoms with van der Waals surface area (Å²) in [5, 5.41) is 18.2. The van der Waals surface area contributed by atoms with Gasteiger partial charge in [0.05, 0.1) is 5.39 Å². The minimum Gasteiger partial charge on any atom is -0.396 e. The first-order valence-electron chi connectivity index (χ1n) is 9.22. The quantitative estimate of drug-likeness (QED) is 0.701. The van der Waals surface area contributed by atoms with E-state index in [1.807, 2.05) is 12.1 Å². The van der Waals surface area contributed by atoms with Crippen LogP contribution in [0.5, 0.6) is 0 Å². The Morgan fingerprint density at radius 3 is 2.70 bits per heavy atom. The fourth-order valence-electron chi connectivity index (χ4n) is 3.66. The van der Waals surface area contributed by atoms with Gasteiger partial charge in [-0.2, -0.15) is 5.10 Å². The number of hydrogen-bond acceptors (Lipinski definition) is 6. The number of aromatic nitrogens is 4. The molecule has 0 atom stereocenters. The van der Waals surface area contributed by atoms with Gasteiger partial charge < -0.3 is 14.9 Å². The van der Waals surface area contributed by atoms with Crippen LogP contribution in [-0.4, -0.2) is 58.1 Å². The second kappa shape index (κ2) is 7.70. The Kier molecular flexibility index (Phi) is 5.13. The van der Waals surface area contributed by atoms with Gasteiger partial charge in [0.25, 0.3) is 0 Å². The lowest BCUT2D eigenvalue weighted by molar-refractivity contribution is 0.288. The monoisotopic (exact) mass is 386 g/mol. The molecule has 142 valence electrons. The third kappa shape index (κ3) is 3.57. The first-order chi connectivity index (χ1) is 13.2. The van der Waals surface area contributed by atoms with Gasteiger partial charge in [-0.1, -0.05) is 17.7 Å². The molecule has 0 saturated carbocycles. The SMILES string of the molecule is Cc1ccc(Cl)cc1N1CCN(c2ncnc3n[nH]c(CCCO)c23)CC1. The molecule has 1 aromatic carbocycles. The first kappa shape index (κ1) is 18.0. The second-order valence-electron chi connectivity index (χ2n) is 6.83. The number of aliphatic hydroxyl groups excluding tert-OH is 1. The Morgan fingerprint density at radius 1 is 1.15 bits per heavy atom. The molecule has 27 heavy (non-hydrogen) atoms. The number of aliphatic hydroxyl groups is 1. The Balaban J connectivity index is 1.56. The van der Waals surface area contributed by atoms with E-state index in [1.165, 1.54) is 11.3 Å². The van der Waals surface area contributed by atoms with E-state index in [0.29, 0.717) is 12.1 Å². The minimum atomic E-state index is 0.154. The Hall–Kier alpha value is -2.38. The number of fused-ring (bicyclic) bond motifs is 1. The fourth-order valence-corrected chi connectivity index (χ4v) is 3.82. The predicted molar refractivity (Wildman–Crippen MR) is 108 cm³/mol. The summed E-state index contributed by atoms with van der Waals surface area (Å²) in [6.07, 6.45) is 2.99. The van der Waals surface area contributed by atoms with Gasteiger partial charge in [0.2, 0.25) is 0 Å². The molecule has 0 amide bonds. The van der Waals surface area contributed by atoms with Gasteiger partial charge in [-0.05, 0) is 37.5 Å². The molecular weight excluding hydrogens is 364 g/mol. The lowest BCUT2D eigenvalue weighted by Gasteiger charge is -2.37. The number of aryl methyl sites for hydroxylation is 2. The van der Waals surface area contributed by atoms with Crippen LogP contribution < -0.4 is 9.80 Å². The van der Waals surface area contributed by atoms with Crippen LogP contribution in [0.15, 0.2) is 24.5 Å². The predicted octanol–water partition coefficient (Wildman–Crippen LogP) is 2.57. The zero-order valence-electron chi connectivity index (χ0n) is 15.3. The van der Waals surface area contributed by atoms with Crippen molar-refractivity contribution in [3.05, 3.63) is 40.8 Å². The van der Waals surface area contributed by atoms with Crippen LogP contribution >= 0.6 is 11.6 Å². The van der Waals surface area contributed by atoms with Gasteiger partial charge in [-0.25, -0.2) is 9.97 Å². The molecule has 0 spiro atoms. The van der Waals surface area contributed by atoms with Gasteiger partial charge in [-0.15, -0.1) is 0 Å². The number of anilines is 2. The third-order valence-electron chi connectivity index (χ3n) is 5.08. The zero-order chi connectivity index (χ0) is 18.8. The molecule has 8 heteroatoms. The Labute approximate surface area is 163 Å². The van der Waals surface area contributed by atoms with Crippen molar-refractivity contribution in [3.63, 3.8) is 0 Å². The summed E-state index contributed by atoms with van der Waals surface area (Å²) >= 11 is 6.19. The number of H-pyrrole nitrogens is 1. The molecule has 0 aliphatic carbocycles. The van der Waals surface area contributed by atoms with Gasteiger partial charge in [0, 0.05) is 49.2 Å². The number of benzene rings is 1. The van der Waals surface area contributed by atoms with Crippen LogP contribution in [0.3, 0.4) is 0 Å². The molecular formula is C19H23ClN6O. The molecule has 1 aliphatic rings. The summed E-state index contributed by atoms with van der Waals surface area (Å²) < 4.78 is 0. The highest BCUT2D eigenvalue weighted by Gasteiger charge is 2.23. The van der Waals surface area contributed by atoms with Crippen molar-refractivity contribution in [2.75, 3.05) is 42.6 Å². The number of aromatic amines is 1. The van der Waals surface area contributed by atoms with E-state index in [1.54, 1.807) is 6.33 Å². The van der Waals surface area contributed by atoms with Crippen LogP contribution in [0.4, 0.5) is 11.5 Å². The molecule has 2 aromatic heterocycles. The summed E-state index contributed by atoms with van der Waals surface area (Å²) in [6.45, 7) is 5.80. The highest BCUT2D eigenvalue weighted by atomic mass is 35.5. The highest BCUT2D eigenvalue weighted by Crippen LogP contribution is 2.29. The molecule has 3 aromatic rings. The first-order valence-corrected chi connectivity index (χ1v) is 9.60. The number of halogens is 1. The van der Waals surface area contributed by atoms with Crippen LogP contribution in [0.1, 0.15) is 17.7 Å². The molecule has 0 unspecified atom stereocenters. The largest absolute Gasteiger partial charge is 0.396 e. The second-order valence-corrected chi connectivity index (χ2v) is 7.27. The van der Waals surface area contributed by atoms with Crippen molar-refractivity contribution in [2.24, 2.45) is 0 Å². The number of rotatable bonds is 5. The van der Waals surface area contributed by atoms with E-state index >= 15 is 0 Å².